The first-order valence-corrected chi connectivity index (χ1v) is 10.7. The number of carbonyl (C=O) groups is 2. The number of nitrogens with zero attached hydrogens (tertiary/aromatic N) is 2. The summed E-state index contributed by atoms with van der Waals surface area (Å²) in [5.41, 5.74) is 2.55. The van der Waals surface area contributed by atoms with Crippen LogP contribution in [0.4, 0.5) is 35.0 Å². The molecule has 1 amide bonds. The number of nitrogens with one attached hydrogen (secondary N) is 3. The van der Waals surface area contributed by atoms with Crippen LogP contribution in [0.25, 0.3) is 0 Å². The van der Waals surface area contributed by atoms with Gasteiger partial charge in [0.25, 0.3) is 0 Å². The molecular formula is C24H25F4N5O3. The van der Waals surface area contributed by atoms with Crippen LogP contribution in [0.15, 0.2) is 60.7 Å². The van der Waals surface area contributed by atoms with Gasteiger partial charge < -0.3 is 21.1 Å². The van der Waals surface area contributed by atoms with E-state index in [1.807, 2.05) is 37.3 Å². The Morgan fingerprint density at radius 3 is 2.22 bits per heavy atom. The van der Waals surface area contributed by atoms with Crippen molar-refractivity contribution in [3.05, 3.63) is 77.7 Å². The summed E-state index contributed by atoms with van der Waals surface area (Å²) in [6.45, 7) is 4.25. The van der Waals surface area contributed by atoms with Crippen molar-refractivity contribution in [3.8, 4) is 0 Å². The first-order valence-electron chi connectivity index (χ1n) is 10.7. The second-order valence-electron chi connectivity index (χ2n) is 7.55. The first kappa shape index (κ1) is 28.0. The lowest BCUT2D eigenvalue weighted by molar-refractivity contribution is -0.192. The summed E-state index contributed by atoms with van der Waals surface area (Å²) in [4.78, 5) is 30.1. The van der Waals surface area contributed by atoms with Gasteiger partial charge in [-0.15, -0.1) is 0 Å². The molecule has 0 aliphatic carbocycles. The van der Waals surface area contributed by atoms with Gasteiger partial charge in [-0.1, -0.05) is 30.3 Å². The van der Waals surface area contributed by atoms with Crippen molar-refractivity contribution in [2.45, 2.75) is 32.5 Å². The van der Waals surface area contributed by atoms with Gasteiger partial charge >= 0.3 is 12.1 Å². The molecule has 0 radical (unpaired) electrons. The highest BCUT2D eigenvalue weighted by Crippen LogP contribution is 2.14. The lowest BCUT2D eigenvalue weighted by atomic mass is 10.1. The number of carboxylic acids is 1. The molecule has 36 heavy (non-hydrogen) atoms. The van der Waals surface area contributed by atoms with E-state index in [0.29, 0.717) is 18.3 Å². The van der Waals surface area contributed by atoms with Gasteiger partial charge in [0.15, 0.2) is 0 Å². The SMILES string of the molecule is Cc1cc(N[C@@H](C)C(=O)Nc2ccccc2)nc(NCCc2ccc(F)cc2)n1.O=C(O)C(F)(F)F. The summed E-state index contributed by atoms with van der Waals surface area (Å²) in [6, 6.07) is 17.0. The topological polar surface area (TPSA) is 116 Å². The molecule has 0 aliphatic heterocycles. The number of rotatable bonds is 8. The number of halogens is 4. The molecule has 0 fully saturated rings. The maximum Gasteiger partial charge on any atom is 0.490 e. The third-order valence-corrected chi connectivity index (χ3v) is 4.51. The Kier molecular flexibility index (Phi) is 10.1. The number of aromatic nitrogens is 2. The number of anilines is 3. The van der Waals surface area contributed by atoms with Crippen molar-refractivity contribution in [3.63, 3.8) is 0 Å². The summed E-state index contributed by atoms with van der Waals surface area (Å²) in [7, 11) is 0. The van der Waals surface area contributed by atoms with Crippen molar-refractivity contribution < 1.29 is 32.3 Å². The predicted octanol–water partition coefficient (Wildman–Crippen LogP) is 4.65. The highest BCUT2D eigenvalue weighted by Gasteiger charge is 2.38. The van der Waals surface area contributed by atoms with Crippen LogP contribution in [-0.4, -0.2) is 45.7 Å². The second kappa shape index (κ2) is 13.0. The van der Waals surface area contributed by atoms with Crippen LogP contribution in [0.3, 0.4) is 0 Å². The quantitative estimate of drug-likeness (QED) is 0.328. The number of hydrogen-bond acceptors (Lipinski definition) is 6. The van der Waals surface area contributed by atoms with E-state index in [1.165, 1.54) is 12.1 Å². The fourth-order valence-electron chi connectivity index (χ4n) is 2.75. The van der Waals surface area contributed by atoms with Crippen molar-refractivity contribution in [2.75, 3.05) is 22.5 Å². The second-order valence-corrected chi connectivity index (χ2v) is 7.55. The molecule has 0 aliphatic rings. The zero-order valence-electron chi connectivity index (χ0n) is 19.4. The zero-order valence-corrected chi connectivity index (χ0v) is 19.4. The van der Waals surface area contributed by atoms with Crippen molar-refractivity contribution >= 4 is 29.3 Å². The third-order valence-electron chi connectivity index (χ3n) is 4.51. The van der Waals surface area contributed by atoms with E-state index in [2.05, 4.69) is 25.9 Å². The maximum absolute atomic E-state index is 13.0. The van der Waals surface area contributed by atoms with E-state index in [1.54, 1.807) is 25.1 Å². The van der Waals surface area contributed by atoms with Crippen molar-refractivity contribution in [1.29, 1.82) is 0 Å². The molecule has 3 rings (SSSR count). The number of aryl methyl sites for hydroxylation is 1. The minimum absolute atomic E-state index is 0.154. The van der Waals surface area contributed by atoms with Gasteiger partial charge in [0.2, 0.25) is 11.9 Å². The number of carbonyl (C=O) groups excluding carboxylic acids is 1. The fraction of sp³-hybridized carbons (Fsp3) is 0.250. The summed E-state index contributed by atoms with van der Waals surface area (Å²) >= 11 is 0. The monoisotopic (exact) mass is 507 g/mol. The largest absolute Gasteiger partial charge is 0.490 e. The highest BCUT2D eigenvalue weighted by molar-refractivity contribution is 5.96. The van der Waals surface area contributed by atoms with Gasteiger partial charge in [-0.05, 0) is 50.1 Å². The summed E-state index contributed by atoms with van der Waals surface area (Å²) in [5, 5.41) is 16.3. The van der Waals surface area contributed by atoms with Crippen LogP contribution in [-0.2, 0) is 16.0 Å². The van der Waals surface area contributed by atoms with Crippen LogP contribution in [0.1, 0.15) is 18.2 Å². The summed E-state index contributed by atoms with van der Waals surface area (Å²) < 4.78 is 44.7. The van der Waals surface area contributed by atoms with Gasteiger partial charge in [0.1, 0.15) is 17.7 Å². The molecule has 1 atom stereocenters. The van der Waals surface area contributed by atoms with Crippen molar-refractivity contribution in [1.82, 2.24) is 9.97 Å². The molecule has 0 saturated heterocycles. The van der Waals surface area contributed by atoms with E-state index in [-0.39, 0.29) is 11.7 Å². The van der Waals surface area contributed by atoms with Gasteiger partial charge in [0.05, 0.1) is 0 Å². The van der Waals surface area contributed by atoms with E-state index >= 15 is 0 Å². The average Bonchev–Trinajstić information content (AvgIpc) is 2.80. The van der Waals surface area contributed by atoms with Crippen LogP contribution >= 0.6 is 0 Å². The number of hydrogen-bond donors (Lipinski definition) is 4. The van der Waals surface area contributed by atoms with E-state index in [4.69, 9.17) is 9.90 Å². The summed E-state index contributed by atoms with van der Waals surface area (Å²) in [6.07, 6.45) is -4.36. The van der Waals surface area contributed by atoms with Gasteiger partial charge in [0, 0.05) is 24.0 Å². The molecule has 8 nitrogen and oxygen atoms in total. The number of amides is 1. The number of benzene rings is 2. The Bertz CT molecular complexity index is 1140. The fourth-order valence-corrected chi connectivity index (χ4v) is 2.75. The predicted molar refractivity (Wildman–Crippen MR) is 127 cm³/mol. The minimum atomic E-state index is -5.08. The maximum atomic E-state index is 13.0. The smallest absolute Gasteiger partial charge is 0.475 e. The Balaban J connectivity index is 0.000000572. The molecule has 3 aromatic rings. The molecule has 0 spiro atoms. The number of aliphatic carboxylic acids is 1. The first-order chi connectivity index (χ1) is 16.9. The molecular weight excluding hydrogens is 482 g/mol. The molecule has 1 aromatic heterocycles. The normalized spacial score (nSPS) is 11.5. The molecule has 0 bridgehead atoms. The number of alkyl halides is 3. The molecule has 1 heterocycles. The van der Waals surface area contributed by atoms with Crippen LogP contribution < -0.4 is 16.0 Å². The minimum Gasteiger partial charge on any atom is -0.475 e. The number of para-hydroxylation sites is 1. The lowest BCUT2D eigenvalue weighted by Gasteiger charge is -2.16. The van der Waals surface area contributed by atoms with Crippen LogP contribution in [0, 0.1) is 12.7 Å². The Morgan fingerprint density at radius 2 is 1.64 bits per heavy atom. The Morgan fingerprint density at radius 1 is 1.03 bits per heavy atom. The molecule has 0 unspecified atom stereocenters. The van der Waals surface area contributed by atoms with Crippen LogP contribution in [0.2, 0.25) is 0 Å². The lowest BCUT2D eigenvalue weighted by Crippen LogP contribution is -2.32. The number of carboxylic acid groups (broad SMARTS) is 1. The van der Waals surface area contributed by atoms with E-state index in [9.17, 15) is 22.4 Å². The average molecular weight is 507 g/mol. The molecule has 12 heteroatoms. The van der Waals surface area contributed by atoms with Gasteiger partial charge in [-0.3, -0.25) is 4.79 Å². The summed E-state index contributed by atoms with van der Waals surface area (Å²) in [5.74, 6) is -2.11. The molecule has 4 N–H and O–H groups in total. The third kappa shape index (κ3) is 9.95. The van der Waals surface area contributed by atoms with Crippen molar-refractivity contribution in [2.24, 2.45) is 0 Å². The zero-order chi connectivity index (χ0) is 26.7. The van der Waals surface area contributed by atoms with Gasteiger partial charge in [-0.25, -0.2) is 14.2 Å². The van der Waals surface area contributed by atoms with E-state index < -0.39 is 18.2 Å². The van der Waals surface area contributed by atoms with Gasteiger partial charge in [-0.2, -0.15) is 18.2 Å². The Labute approximate surface area is 204 Å². The standard InChI is InChI=1S/C22H24FN5O.C2HF3O2/c1-15-14-20(26-16(2)21(29)27-19-6-4-3-5-7-19)28-22(25-15)24-13-12-17-8-10-18(23)11-9-17;3-2(4,5)1(6)7/h3-11,14,16H,12-13H2,1-2H3,(H,27,29)(H2,24,25,26,28);(H,6,7)/t16-;/m0./s1. The highest BCUT2D eigenvalue weighted by atomic mass is 19.4. The Hall–Kier alpha value is -4.22. The molecule has 2 aromatic carbocycles. The molecule has 192 valence electrons. The van der Waals surface area contributed by atoms with E-state index in [0.717, 1.165) is 23.4 Å². The molecule has 0 saturated carbocycles. The van der Waals surface area contributed by atoms with Crippen LogP contribution in [0.5, 0.6) is 0 Å².